The van der Waals surface area contributed by atoms with Gasteiger partial charge in [0, 0.05) is 18.2 Å². The molecule has 1 fully saturated rings. The zero-order chi connectivity index (χ0) is 17.5. The van der Waals surface area contributed by atoms with Gasteiger partial charge in [-0.2, -0.15) is 0 Å². The van der Waals surface area contributed by atoms with Crippen molar-refractivity contribution in [2.75, 3.05) is 26.7 Å². The van der Waals surface area contributed by atoms with Gasteiger partial charge in [-0.3, -0.25) is 4.79 Å². The van der Waals surface area contributed by atoms with Crippen LogP contribution in [-0.2, 0) is 0 Å². The fourth-order valence-electron chi connectivity index (χ4n) is 3.13. The van der Waals surface area contributed by atoms with E-state index in [1.807, 2.05) is 30.9 Å². The lowest BCUT2D eigenvalue weighted by Crippen LogP contribution is -2.46. The van der Waals surface area contributed by atoms with E-state index in [9.17, 15) is 4.79 Å². The number of carbonyl (C=O) groups excluding carboxylic acids is 1. The third-order valence-electron chi connectivity index (χ3n) is 4.25. The molecule has 1 aliphatic rings. The number of rotatable bonds is 7. The Morgan fingerprint density at radius 2 is 1.96 bits per heavy atom. The maximum atomic E-state index is 13.0. The van der Waals surface area contributed by atoms with Crippen molar-refractivity contribution >= 4 is 18.3 Å². The highest BCUT2D eigenvalue weighted by atomic mass is 35.5. The monoisotopic (exact) mass is 370 g/mol. The number of piperidine rings is 1. The fourth-order valence-corrected chi connectivity index (χ4v) is 3.13. The number of halogens is 1. The average molecular weight is 371 g/mol. The summed E-state index contributed by atoms with van der Waals surface area (Å²) in [7, 11) is 1.60. The molecule has 2 rings (SSSR count). The summed E-state index contributed by atoms with van der Waals surface area (Å²) < 4.78 is 11.2. The van der Waals surface area contributed by atoms with Crippen molar-refractivity contribution < 1.29 is 14.3 Å². The van der Waals surface area contributed by atoms with Crippen LogP contribution in [0.5, 0.6) is 11.5 Å². The van der Waals surface area contributed by atoms with Crippen molar-refractivity contribution in [1.29, 1.82) is 0 Å². The third-order valence-corrected chi connectivity index (χ3v) is 4.25. The van der Waals surface area contributed by atoms with Crippen molar-refractivity contribution in [3.63, 3.8) is 0 Å². The molecule has 0 radical (unpaired) electrons. The molecular formula is C19H31ClN2O3. The van der Waals surface area contributed by atoms with Crippen molar-refractivity contribution in [1.82, 2.24) is 10.2 Å². The summed E-state index contributed by atoms with van der Waals surface area (Å²) in [6, 6.07) is 5.78. The third kappa shape index (κ3) is 5.79. The Bertz CT molecular complexity index is 545. The zero-order valence-electron chi connectivity index (χ0n) is 15.7. The molecule has 142 valence electrons. The van der Waals surface area contributed by atoms with Crippen LogP contribution < -0.4 is 14.8 Å². The van der Waals surface area contributed by atoms with Crippen LogP contribution in [0.1, 0.15) is 50.4 Å². The predicted octanol–water partition coefficient (Wildman–Crippen LogP) is 3.51. The molecule has 0 atom stereocenters. The molecule has 1 N–H and O–H groups in total. The Balaban J connectivity index is 0.00000312. The Morgan fingerprint density at radius 1 is 1.28 bits per heavy atom. The van der Waals surface area contributed by atoms with Crippen LogP contribution in [0.15, 0.2) is 18.2 Å². The molecule has 5 nitrogen and oxygen atoms in total. The molecule has 0 saturated carbocycles. The minimum atomic E-state index is 0. The molecule has 0 spiro atoms. The van der Waals surface area contributed by atoms with E-state index in [4.69, 9.17) is 9.47 Å². The van der Waals surface area contributed by atoms with E-state index >= 15 is 0 Å². The Morgan fingerprint density at radius 3 is 2.52 bits per heavy atom. The van der Waals surface area contributed by atoms with E-state index in [1.54, 1.807) is 13.2 Å². The number of benzene rings is 1. The number of ether oxygens (including phenoxy) is 2. The van der Waals surface area contributed by atoms with Gasteiger partial charge in [-0.1, -0.05) is 6.92 Å². The number of nitrogens with zero attached hydrogens (tertiary/aromatic N) is 1. The highest BCUT2D eigenvalue weighted by molar-refractivity contribution is 5.95. The average Bonchev–Trinajstić information content (AvgIpc) is 2.59. The minimum Gasteiger partial charge on any atom is -0.493 e. The van der Waals surface area contributed by atoms with Gasteiger partial charge >= 0.3 is 0 Å². The maximum Gasteiger partial charge on any atom is 0.254 e. The van der Waals surface area contributed by atoms with E-state index in [2.05, 4.69) is 12.2 Å². The Kier molecular flexibility index (Phi) is 9.08. The smallest absolute Gasteiger partial charge is 0.254 e. The van der Waals surface area contributed by atoms with Gasteiger partial charge in [0.05, 0.1) is 13.2 Å². The molecule has 1 aromatic rings. The zero-order valence-corrected chi connectivity index (χ0v) is 16.5. The molecule has 1 aliphatic heterocycles. The van der Waals surface area contributed by atoms with Crippen LogP contribution in [0.3, 0.4) is 0 Å². The van der Waals surface area contributed by atoms with E-state index in [0.29, 0.717) is 23.1 Å². The van der Waals surface area contributed by atoms with Gasteiger partial charge in [0.2, 0.25) is 0 Å². The number of methoxy groups -OCH3 is 1. The summed E-state index contributed by atoms with van der Waals surface area (Å²) in [4.78, 5) is 15.1. The standard InChI is InChI=1S/C19H30N2O3.ClH/c1-5-12-21(16-8-10-20-11-9-16)19(22)15-6-7-17(24-14(2)3)18(13-15)23-4;/h6-7,13-14,16,20H,5,8-12H2,1-4H3;1H. The summed E-state index contributed by atoms with van der Waals surface area (Å²) in [6.07, 6.45) is 3.04. The fraction of sp³-hybridized carbons (Fsp3) is 0.632. The van der Waals surface area contributed by atoms with Gasteiger partial charge in [0.1, 0.15) is 0 Å². The molecule has 1 saturated heterocycles. The molecule has 6 heteroatoms. The molecule has 0 aliphatic carbocycles. The molecule has 1 aromatic carbocycles. The molecular weight excluding hydrogens is 340 g/mol. The highest BCUT2D eigenvalue weighted by Gasteiger charge is 2.26. The SMILES string of the molecule is CCCN(C(=O)c1ccc(OC(C)C)c(OC)c1)C1CCNCC1.Cl. The lowest BCUT2D eigenvalue weighted by molar-refractivity contribution is 0.0642. The van der Waals surface area contributed by atoms with E-state index in [-0.39, 0.29) is 24.4 Å². The van der Waals surface area contributed by atoms with Gasteiger partial charge in [-0.05, 0) is 64.4 Å². The van der Waals surface area contributed by atoms with Crippen LogP contribution in [0.2, 0.25) is 0 Å². The lowest BCUT2D eigenvalue weighted by atomic mass is 10.0. The first kappa shape index (κ1) is 21.6. The van der Waals surface area contributed by atoms with Crippen LogP contribution in [-0.4, -0.2) is 49.7 Å². The second-order valence-electron chi connectivity index (χ2n) is 6.51. The van der Waals surface area contributed by atoms with E-state index in [1.165, 1.54) is 0 Å². The molecule has 25 heavy (non-hydrogen) atoms. The van der Waals surface area contributed by atoms with Crippen LogP contribution in [0.4, 0.5) is 0 Å². The lowest BCUT2D eigenvalue weighted by Gasteiger charge is -2.34. The summed E-state index contributed by atoms with van der Waals surface area (Å²) in [6.45, 7) is 8.79. The van der Waals surface area contributed by atoms with Gasteiger partial charge in [-0.15, -0.1) is 12.4 Å². The first-order chi connectivity index (χ1) is 11.6. The largest absolute Gasteiger partial charge is 0.493 e. The summed E-state index contributed by atoms with van der Waals surface area (Å²) in [5.41, 5.74) is 0.662. The normalized spacial score (nSPS) is 14.8. The first-order valence-electron chi connectivity index (χ1n) is 8.93. The molecule has 1 amide bonds. The number of hydrogen-bond acceptors (Lipinski definition) is 4. The number of nitrogens with one attached hydrogen (secondary N) is 1. The predicted molar refractivity (Wildman–Crippen MR) is 103 cm³/mol. The van der Waals surface area contributed by atoms with E-state index in [0.717, 1.165) is 38.9 Å². The van der Waals surface area contributed by atoms with Crippen LogP contribution in [0, 0.1) is 0 Å². The molecule has 1 heterocycles. The highest BCUT2D eigenvalue weighted by Crippen LogP contribution is 2.30. The van der Waals surface area contributed by atoms with Crippen LogP contribution >= 0.6 is 12.4 Å². The van der Waals surface area contributed by atoms with Gasteiger partial charge in [-0.25, -0.2) is 0 Å². The van der Waals surface area contributed by atoms with Crippen molar-refractivity contribution in [3.8, 4) is 11.5 Å². The first-order valence-corrected chi connectivity index (χ1v) is 8.93. The van der Waals surface area contributed by atoms with Crippen molar-refractivity contribution in [2.24, 2.45) is 0 Å². The van der Waals surface area contributed by atoms with Gasteiger partial charge < -0.3 is 19.7 Å². The van der Waals surface area contributed by atoms with Crippen molar-refractivity contribution in [3.05, 3.63) is 23.8 Å². The molecule has 0 unspecified atom stereocenters. The van der Waals surface area contributed by atoms with E-state index < -0.39 is 0 Å². The topological polar surface area (TPSA) is 50.8 Å². The quantitative estimate of drug-likeness (QED) is 0.798. The van der Waals surface area contributed by atoms with Gasteiger partial charge in [0.25, 0.3) is 5.91 Å². The second kappa shape index (κ2) is 10.5. The number of amides is 1. The number of hydrogen-bond donors (Lipinski definition) is 1. The second-order valence-corrected chi connectivity index (χ2v) is 6.51. The molecule has 0 bridgehead atoms. The Hall–Kier alpha value is -1.46. The Labute approximate surface area is 157 Å². The van der Waals surface area contributed by atoms with Crippen molar-refractivity contribution in [2.45, 2.75) is 52.2 Å². The maximum absolute atomic E-state index is 13.0. The minimum absolute atomic E-state index is 0. The van der Waals surface area contributed by atoms with Crippen LogP contribution in [0.25, 0.3) is 0 Å². The summed E-state index contributed by atoms with van der Waals surface area (Å²) >= 11 is 0. The number of carbonyl (C=O) groups is 1. The summed E-state index contributed by atoms with van der Waals surface area (Å²) in [5.74, 6) is 1.36. The summed E-state index contributed by atoms with van der Waals surface area (Å²) in [5, 5.41) is 3.36. The van der Waals surface area contributed by atoms with Gasteiger partial charge in [0.15, 0.2) is 11.5 Å². The molecule has 0 aromatic heterocycles.